The van der Waals surface area contributed by atoms with Gasteiger partial charge in [-0.1, -0.05) is 6.07 Å². The largest absolute Gasteiger partial charge is 0.345 e. The Hall–Kier alpha value is -2.25. The Kier molecular flexibility index (Phi) is 3.82. The molecule has 7 heteroatoms. The zero-order valence-electron chi connectivity index (χ0n) is 13.7. The van der Waals surface area contributed by atoms with Gasteiger partial charge in [-0.25, -0.2) is 9.97 Å². The number of nitrogens with zero attached hydrogens (tertiary/aromatic N) is 3. The van der Waals surface area contributed by atoms with Gasteiger partial charge in [0.25, 0.3) is 5.56 Å². The summed E-state index contributed by atoms with van der Waals surface area (Å²) in [6, 6.07) is 3.94. The first kappa shape index (κ1) is 15.3. The first-order chi connectivity index (χ1) is 11.6. The molecular weight excluding hydrogens is 322 g/mol. The number of hydrogen-bond donors (Lipinski definition) is 2. The predicted octanol–water partition coefficient (Wildman–Crippen LogP) is 2.40. The molecule has 124 valence electrons. The van der Waals surface area contributed by atoms with Crippen LogP contribution < -0.4 is 5.56 Å². The lowest BCUT2D eigenvalue weighted by Gasteiger charge is -2.26. The van der Waals surface area contributed by atoms with Crippen LogP contribution in [0.4, 0.5) is 0 Å². The number of hydrogen-bond acceptors (Lipinski definition) is 5. The van der Waals surface area contributed by atoms with Crippen molar-refractivity contribution in [2.24, 2.45) is 0 Å². The van der Waals surface area contributed by atoms with Crippen LogP contribution in [0.1, 0.15) is 28.5 Å². The number of rotatable bonds is 3. The van der Waals surface area contributed by atoms with Crippen LogP contribution in [-0.4, -0.2) is 31.4 Å². The highest BCUT2D eigenvalue weighted by atomic mass is 32.1. The van der Waals surface area contributed by atoms with Gasteiger partial charge in [-0.2, -0.15) is 0 Å². The Bertz CT molecular complexity index is 906. The lowest BCUT2D eigenvalue weighted by molar-refractivity contribution is 0.236. The van der Waals surface area contributed by atoms with E-state index in [2.05, 4.69) is 24.8 Å². The van der Waals surface area contributed by atoms with Gasteiger partial charge in [0.2, 0.25) is 0 Å². The minimum atomic E-state index is -0.0279. The van der Waals surface area contributed by atoms with E-state index in [9.17, 15) is 4.79 Å². The van der Waals surface area contributed by atoms with Crippen LogP contribution in [-0.2, 0) is 19.5 Å². The van der Waals surface area contributed by atoms with E-state index in [0.29, 0.717) is 12.4 Å². The average Bonchev–Trinajstić information content (AvgIpc) is 3.19. The normalized spacial score (nSPS) is 14.8. The molecule has 0 atom stereocenters. The number of nitrogens with one attached hydrogen (secondary N) is 2. The van der Waals surface area contributed by atoms with E-state index in [0.717, 1.165) is 52.9 Å². The number of fused-ring (bicyclic) bond motifs is 1. The molecule has 3 aromatic heterocycles. The summed E-state index contributed by atoms with van der Waals surface area (Å²) < 4.78 is 0. The summed E-state index contributed by atoms with van der Waals surface area (Å²) in [4.78, 5) is 31.2. The van der Waals surface area contributed by atoms with E-state index in [1.165, 1.54) is 0 Å². The maximum atomic E-state index is 12.5. The molecule has 3 aromatic rings. The Labute approximate surface area is 143 Å². The van der Waals surface area contributed by atoms with Crippen molar-refractivity contribution in [3.63, 3.8) is 0 Å². The average molecular weight is 341 g/mol. The van der Waals surface area contributed by atoms with E-state index in [4.69, 9.17) is 0 Å². The van der Waals surface area contributed by atoms with Crippen molar-refractivity contribution in [2.45, 2.75) is 33.4 Å². The van der Waals surface area contributed by atoms with Gasteiger partial charge in [-0.3, -0.25) is 9.69 Å². The van der Waals surface area contributed by atoms with Gasteiger partial charge in [-0.15, -0.1) is 11.3 Å². The highest BCUT2D eigenvalue weighted by molar-refractivity contribution is 7.13. The van der Waals surface area contributed by atoms with Crippen LogP contribution in [0, 0.1) is 13.8 Å². The predicted molar refractivity (Wildman–Crippen MR) is 94.1 cm³/mol. The molecule has 0 aromatic carbocycles. The number of aromatic amines is 2. The second-order valence-electron chi connectivity index (χ2n) is 6.17. The van der Waals surface area contributed by atoms with Crippen LogP contribution in [0.3, 0.4) is 0 Å². The van der Waals surface area contributed by atoms with E-state index < -0.39 is 0 Å². The summed E-state index contributed by atoms with van der Waals surface area (Å²) in [5, 5.41) is 1.99. The summed E-state index contributed by atoms with van der Waals surface area (Å²) in [7, 11) is 0. The molecule has 0 aliphatic carbocycles. The number of imidazole rings is 1. The van der Waals surface area contributed by atoms with Crippen LogP contribution >= 0.6 is 11.3 Å². The molecule has 0 radical (unpaired) electrons. The fourth-order valence-electron chi connectivity index (χ4n) is 3.05. The van der Waals surface area contributed by atoms with Crippen LogP contribution in [0.2, 0.25) is 0 Å². The molecule has 0 saturated carbocycles. The maximum absolute atomic E-state index is 12.5. The minimum absolute atomic E-state index is 0.0279. The second-order valence-corrected chi connectivity index (χ2v) is 7.12. The molecule has 0 spiro atoms. The molecule has 0 unspecified atom stereocenters. The molecule has 6 nitrogen and oxygen atoms in total. The smallest absolute Gasteiger partial charge is 0.255 e. The molecule has 0 amide bonds. The minimum Gasteiger partial charge on any atom is -0.345 e. The first-order valence-electron chi connectivity index (χ1n) is 8.00. The third-order valence-corrected chi connectivity index (χ3v) is 5.33. The van der Waals surface area contributed by atoms with Crippen molar-refractivity contribution in [2.75, 3.05) is 6.54 Å². The van der Waals surface area contributed by atoms with E-state index >= 15 is 0 Å². The second kappa shape index (κ2) is 5.99. The first-order valence-corrected chi connectivity index (χ1v) is 8.88. The van der Waals surface area contributed by atoms with Gasteiger partial charge in [0, 0.05) is 25.2 Å². The molecular formula is C17H19N5OS. The van der Waals surface area contributed by atoms with Crippen molar-refractivity contribution < 1.29 is 0 Å². The van der Waals surface area contributed by atoms with Crippen molar-refractivity contribution in [1.82, 2.24) is 24.8 Å². The molecule has 4 heterocycles. The van der Waals surface area contributed by atoms with Crippen molar-refractivity contribution >= 4 is 11.3 Å². The fourth-order valence-corrected chi connectivity index (χ4v) is 3.72. The highest BCUT2D eigenvalue weighted by Crippen LogP contribution is 2.22. The maximum Gasteiger partial charge on any atom is 0.255 e. The molecule has 0 fully saturated rings. The monoisotopic (exact) mass is 341 g/mol. The summed E-state index contributed by atoms with van der Waals surface area (Å²) in [5.74, 6) is 1.63. The third-order valence-electron chi connectivity index (χ3n) is 4.45. The van der Waals surface area contributed by atoms with Gasteiger partial charge < -0.3 is 9.97 Å². The Morgan fingerprint density at radius 3 is 2.88 bits per heavy atom. The van der Waals surface area contributed by atoms with Crippen molar-refractivity contribution in [3.05, 3.63) is 56.3 Å². The Morgan fingerprint density at radius 1 is 1.29 bits per heavy atom. The standard InChI is InChI=1S/C17H19N5OS/c1-10-11(2)19-15(18-10)9-22-6-5-13-12(8-22)17(23)21-16(20-13)14-4-3-7-24-14/h3-4,7H,5-6,8-9H2,1-2H3,(H,18,19)(H,20,21,23). The molecule has 2 N–H and O–H groups in total. The molecule has 1 aliphatic rings. The zero-order chi connectivity index (χ0) is 16.7. The number of aromatic nitrogens is 4. The Balaban J connectivity index is 1.58. The third kappa shape index (κ3) is 2.81. The SMILES string of the molecule is Cc1nc(CN2CCc3nc(-c4cccs4)[nH]c(=O)c3C2)[nH]c1C. The summed E-state index contributed by atoms with van der Waals surface area (Å²) in [6.07, 6.45) is 0.788. The molecule has 4 rings (SSSR count). The topological polar surface area (TPSA) is 77.7 Å². The summed E-state index contributed by atoms with van der Waals surface area (Å²) in [6.45, 7) is 6.24. The molecule has 1 aliphatic heterocycles. The van der Waals surface area contributed by atoms with Gasteiger partial charge in [-0.05, 0) is 25.3 Å². The van der Waals surface area contributed by atoms with Crippen LogP contribution in [0.25, 0.3) is 10.7 Å². The van der Waals surface area contributed by atoms with Gasteiger partial charge in [0.05, 0.1) is 28.4 Å². The summed E-state index contributed by atoms with van der Waals surface area (Å²) >= 11 is 1.59. The molecule has 0 saturated heterocycles. The van der Waals surface area contributed by atoms with Gasteiger partial charge in [0.1, 0.15) is 5.82 Å². The highest BCUT2D eigenvalue weighted by Gasteiger charge is 2.22. The van der Waals surface area contributed by atoms with Crippen molar-refractivity contribution in [1.29, 1.82) is 0 Å². The summed E-state index contributed by atoms with van der Waals surface area (Å²) in [5.41, 5.74) is 3.80. The van der Waals surface area contributed by atoms with E-state index in [-0.39, 0.29) is 5.56 Å². The zero-order valence-corrected chi connectivity index (χ0v) is 14.5. The van der Waals surface area contributed by atoms with Crippen LogP contribution in [0.15, 0.2) is 22.3 Å². The van der Waals surface area contributed by atoms with E-state index in [1.54, 1.807) is 11.3 Å². The van der Waals surface area contributed by atoms with Gasteiger partial charge >= 0.3 is 0 Å². The van der Waals surface area contributed by atoms with Crippen molar-refractivity contribution in [3.8, 4) is 10.7 Å². The Morgan fingerprint density at radius 2 is 2.17 bits per heavy atom. The van der Waals surface area contributed by atoms with Gasteiger partial charge in [0.15, 0.2) is 5.82 Å². The number of H-pyrrole nitrogens is 2. The fraction of sp³-hybridized carbons (Fsp3) is 0.353. The van der Waals surface area contributed by atoms with E-state index in [1.807, 2.05) is 31.4 Å². The van der Waals surface area contributed by atoms with Crippen LogP contribution in [0.5, 0.6) is 0 Å². The quantitative estimate of drug-likeness (QED) is 0.767. The molecule has 0 bridgehead atoms. The number of aryl methyl sites for hydroxylation is 2. The lowest BCUT2D eigenvalue weighted by Crippen LogP contribution is -2.35. The lowest BCUT2D eigenvalue weighted by atomic mass is 10.1. The molecule has 24 heavy (non-hydrogen) atoms. The number of thiophene rings is 1.